The fraction of sp³-hybridized carbons (Fsp3) is 0.793. The van der Waals surface area contributed by atoms with Gasteiger partial charge in [0, 0.05) is 25.7 Å². The Bertz CT molecular complexity index is 548. The minimum absolute atomic E-state index is 0.266. The van der Waals surface area contributed by atoms with Gasteiger partial charge in [0.25, 0.3) is 0 Å². The Labute approximate surface area is 204 Å². The molecule has 0 spiro atoms. The molecule has 1 saturated heterocycles. The van der Waals surface area contributed by atoms with Crippen molar-refractivity contribution in [3.63, 3.8) is 0 Å². The first-order chi connectivity index (χ1) is 16.3. The number of hydrogen-bond donors (Lipinski definition) is 2. The van der Waals surface area contributed by atoms with Gasteiger partial charge in [-0.05, 0) is 24.8 Å². The zero-order chi connectivity index (χ0) is 23.4. The third-order valence-electron chi connectivity index (χ3n) is 6.92. The van der Waals surface area contributed by atoms with E-state index in [0.29, 0.717) is 0 Å². The van der Waals surface area contributed by atoms with E-state index in [4.69, 9.17) is 4.74 Å². The number of ether oxygens (including phenoxy) is 1. The van der Waals surface area contributed by atoms with E-state index in [1.165, 1.54) is 82.6 Å². The second-order valence-corrected chi connectivity index (χ2v) is 10.0. The molecule has 1 aromatic rings. The summed E-state index contributed by atoms with van der Waals surface area (Å²) in [5, 5.41) is 14.2. The van der Waals surface area contributed by atoms with Crippen LogP contribution in [0.25, 0.3) is 0 Å². The number of rotatable bonds is 20. The van der Waals surface area contributed by atoms with Crippen molar-refractivity contribution >= 4 is 0 Å². The van der Waals surface area contributed by atoms with Crippen LogP contribution in [0.3, 0.4) is 0 Å². The van der Waals surface area contributed by atoms with Crippen molar-refractivity contribution < 1.29 is 9.84 Å². The lowest BCUT2D eigenvalue weighted by Gasteiger charge is -2.32. The number of aliphatic hydroxyl groups is 1. The molecular weight excluding hydrogens is 408 g/mol. The maximum absolute atomic E-state index is 10.6. The van der Waals surface area contributed by atoms with Crippen LogP contribution in [0.5, 0.6) is 0 Å². The van der Waals surface area contributed by atoms with Gasteiger partial charge in [-0.1, -0.05) is 114 Å². The highest BCUT2D eigenvalue weighted by Crippen LogP contribution is 2.14. The standard InChI is InChI=1S/C29H52N2O2/c1-2-3-4-5-6-7-8-9-10-11-12-13-17-20-29(32)30-28(25-27-18-15-14-16-19-27)26-31-21-23-33-24-22-31/h14-16,18-19,28-30,32H,2-13,17,20-26H2,1H3/t28-,29?/m0/s1. The number of aliphatic hydroxyl groups excluding tert-OH is 1. The third-order valence-corrected chi connectivity index (χ3v) is 6.92. The quantitative estimate of drug-likeness (QED) is 0.177. The lowest BCUT2D eigenvalue weighted by Crippen LogP contribution is -2.49. The molecule has 4 nitrogen and oxygen atoms in total. The molecule has 0 bridgehead atoms. The molecule has 2 rings (SSSR count). The van der Waals surface area contributed by atoms with Crippen LogP contribution in [0.1, 0.15) is 102 Å². The topological polar surface area (TPSA) is 44.7 Å². The van der Waals surface area contributed by atoms with Crippen molar-refractivity contribution in [3.05, 3.63) is 35.9 Å². The highest BCUT2D eigenvalue weighted by molar-refractivity contribution is 5.16. The van der Waals surface area contributed by atoms with E-state index >= 15 is 0 Å². The predicted octanol–water partition coefficient (Wildman–Crippen LogP) is 6.32. The minimum atomic E-state index is -0.410. The number of nitrogens with zero attached hydrogens (tertiary/aromatic N) is 1. The predicted molar refractivity (Wildman–Crippen MR) is 141 cm³/mol. The zero-order valence-electron chi connectivity index (χ0n) is 21.5. The van der Waals surface area contributed by atoms with Gasteiger partial charge in [-0.2, -0.15) is 0 Å². The van der Waals surface area contributed by atoms with Crippen LogP contribution in [0.15, 0.2) is 30.3 Å². The Balaban J connectivity index is 1.53. The fourth-order valence-electron chi connectivity index (χ4n) is 4.88. The first-order valence-corrected chi connectivity index (χ1v) is 14.1. The summed E-state index contributed by atoms with van der Waals surface area (Å²) >= 11 is 0. The highest BCUT2D eigenvalue weighted by atomic mass is 16.5. The van der Waals surface area contributed by atoms with Crippen LogP contribution < -0.4 is 5.32 Å². The van der Waals surface area contributed by atoms with Crippen LogP contribution in [0.4, 0.5) is 0 Å². The Hall–Kier alpha value is -0.940. The molecule has 2 atom stereocenters. The van der Waals surface area contributed by atoms with Crippen molar-refractivity contribution in [1.82, 2.24) is 10.2 Å². The van der Waals surface area contributed by atoms with Crippen LogP contribution in [0.2, 0.25) is 0 Å². The molecule has 1 unspecified atom stereocenters. The number of nitrogens with one attached hydrogen (secondary N) is 1. The molecule has 1 aliphatic heterocycles. The van der Waals surface area contributed by atoms with Crippen molar-refractivity contribution in [1.29, 1.82) is 0 Å². The molecule has 0 radical (unpaired) electrons. The van der Waals surface area contributed by atoms with Crippen LogP contribution in [0, 0.1) is 0 Å². The Morgan fingerprint density at radius 1 is 0.818 bits per heavy atom. The summed E-state index contributed by atoms with van der Waals surface area (Å²) in [5.74, 6) is 0. The molecule has 1 aliphatic rings. The second kappa shape index (κ2) is 19.4. The number of unbranched alkanes of at least 4 members (excludes halogenated alkanes) is 12. The SMILES string of the molecule is CCCCCCCCCCCCCCCC(O)N[C@@H](Cc1ccccc1)CN1CCOCC1. The molecule has 2 N–H and O–H groups in total. The summed E-state index contributed by atoms with van der Waals surface area (Å²) in [7, 11) is 0. The Morgan fingerprint density at radius 2 is 1.36 bits per heavy atom. The van der Waals surface area contributed by atoms with E-state index in [-0.39, 0.29) is 6.04 Å². The van der Waals surface area contributed by atoms with Crippen molar-refractivity contribution in [3.8, 4) is 0 Å². The molecule has 0 aliphatic carbocycles. The largest absolute Gasteiger partial charge is 0.379 e. The molecule has 4 heteroatoms. The van der Waals surface area contributed by atoms with Gasteiger partial charge in [0.2, 0.25) is 0 Å². The number of morpholine rings is 1. The summed E-state index contributed by atoms with van der Waals surface area (Å²) in [5.41, 5.74) is 1.33. The molecule has 0 saturated carbocycles. The van der Waals surface area contributed by atoms with Gasteiger partial charge in [-0.25, -0.2) is 0 Å². The molecule has 190 valence electrons. The van der Waals surface area contributed by atoms with E-state index in [9.17, 15) is 5.11 Å². The number of hydrogen-bond acceptors (Lipinski definition) is 4. The summed E-state index contributed by atoms with van der Waals surface area (Å²) < 4.78 is 5.50. The highest BCUT2D eigenvalue weighted by Gasteiger charge is 2.19. The van der Waals surface area contributed by atoms with Crippen molar-refractivity contribution in [2.45, 2.75) is 116 Å². The molecule has 0 amide bonds. The van der Waals surface area contributed by atoms with Gasteiger partial charge in [0.05, 0.1) is 13.2 Å². The van der Waals surface area contributed by atoms with Gasteiger partial charge in [0.15, 0.2) is 0 Å². The smallest absolute Gasteiger partial charge is 0.105 e. The number of benzene rings is 1. The van der Waals surface area contributed by atoms with Gasteiger partial charge >= 0.3 is 0 Å². The molecule has 33 heavy (non-hydrogen) atoms. The first-order valence-electron chi connectivity index (χ1n) is 14.1. The third kappa shape index (κ3) is 14.8. The van der Waals surface area contributed by atoms with E-state index in [1.54, 1.807) is 0 Å². The monoisotopic (exact) mass is 460 g/mol. The maximum atomic E-state index is 10.6. The minimum Gasteiger partial charge on any atom is -0.379 e. The van der Waals surface area contributed by atoms with Crippen LogP contribution in [-0.2, 0) is 11.2 Å². The lowest BCUT2D eigenvalue weighted by molar-refractivity contribution is 0.0273. The average molecular weight is 461 g/mol. The normalized spacial score (nSPS) is 16.7. The molecule has 1 fully saturated rings. The van der Waals surface area contributed by atoms with Crippen LogP contribution in [-0.4, -0.2) is 55.1 Å². The molecule has 1 heterocycles. The van der Waals surface area contributed by atoms with Crippen LogP contribution >= 0.6 is 0 Å². The Morgan fingerprint density at radius 3 is 1.94 bits per heavy atom. The fourth-order valence-corrected chi connectivity index (χ4v) is 4.88. The van der Waals surface area contributed by atoms with Crippen molar-refractivity contribution in [2.24, 2.45) is 0 Å². The summed E-state index contributed by atoms with van der Waals surface area (Å²) in [6, 6.07) is 10.9. The Kier molecular flexibility index (Phi) is 16.6. The van der Waals surface area contributed by atoms with E-state index < -0.39 is 6.23 Å². The average Bonchev–Trinajstić information content (AvgIpc) is 2.83. The van der Waals surface area contributed by atoms with Gasteiger partial charge < -0.3 is 9.84 Å². The molecule has 0 aromatic heterocycles. The van der Waals surface area contributed by atoms with Gasteiger partial charge in [-0.15, -0.1) is 0 Å². The second-order valence-electron chi connectivity index (χ2n) is 10.0. The zero-order valence-corrected chi connectivity index (χ0v) is 21.5. The van der Waals surface area contributed by atoms with Gasteiger partial charge in [-0.3, -0.25) is 10.2 Å². The van der Waals surface area contributed by atoms with Gasteiger partial charge in [0.1, 0.15) is 6.23 Å². The summed E-state index contributed by atoms with van der Waals surface area (Å²) in [6.45, 7) is 6.86. The first kappa shape index (κ1) is 28.3. The van der Waals surface area contributed by atoms with E-state index in [1.807, 2.05) is 0 Å². The molecular formula is C29H52N2O2. The van der Waals surface area contributed by atoms with Crippen molar-refractivity contribution in [2.75, 3.05) is 32.8 Å². The maximum Gasteiger partial charge on any atom is 0.105 e. The van der Waals surface area contributed by atoms with E-state index in [2.05, 4.69) is 47.5 Å². The van der Waals surface area contributed by atoms with E-state index in [0.717, 1.165) is 52.1 Å². The molecule has 1 aromatic carbocycles. The summed E-state index contributed by atoms with van der Waals surface area (Å²) in [6.07, 6.45) is 19.1. The summed E-state index contributed by atoms with van der Waals surface area (Å²) in [4.78, 5) is 2.46. The lowest BCUT2D eigenvalue weighted by atomic mass is 10.0.